The summed E-state index contributed by atoms with van der Waals surface area (Å²) in [5.41, 5.74) is 5.52. The molecule has 6 nitrogen and oxygen atoms in total. The van der Waals surface area contributed by atoms with Gasteiger partial charge in [0.15, 0.2) is 0 Å². The van der Waals surface area contributed by atoms with Gasteiger partial charge in [-0.3, -0.25) is 0 Å². The summed E-state index contributed by atoms with van der Waals surface area (Å²) >= 11 is 0. The van der Waals surface area contributed by atoms with Crippen LogP contribution in [0.25, 0.3) is 0 Å². The second-order valence-corrected chi connectivity index (χ2v) is 4.23. The summed E-state index contributed by atoms with van der Waals surface area (Å²) in [6, 6.07) is 0.441. The summed E-state index contributed by atoms with van der Waals surface area (Å²) in [4.78, 5) is 6.19. The molecule has 1 aromatic heterocycles. The van der Waals surface area contributed by atoms with Crippen molar-refractivity contribution in [2.75, 3.05) is 23.8 Å². The van der Waals surface area contributed by atoms with E-state index in [-0.39, 0.29) is 6.61 Å². The minimum Gasteiger partial charge on any atom is -0.395 e. The third-order valence-electron chi connectivity index (χ3n) is 3.10. The third-order valence-corrected chi connectivity index (χ3v) is 3.10. The maximum absolute atomic E-state index is 9.10. The lowest BCUT2D eigenvalue weighted by Gasteiger charge is -2.33. The number of aromatic amines is 1. The molecule has 0 amide bonds. The number of hydrogen-bond donors (Lipinski definition) is 3. The molecule has 0 unspecified atom stereocenters. The number of nitrogens with two attached hydrogens (primary N) is 1. The Labute approximate surface area is 94.9 Å². The second-order valence-electron chi connectivity index (χ2n) is 4.23. The molecular weight excluding hydrogens is 206 g/mol. The normalized spacial score (nSPS) is 17.6. The van der Waals surface area contributed by atoms with Gasteiger partial charge in [0.25, 0.3) is 0 Å². The van der Waals surface area contributed by atoms with Gasteiger partial charge < -0.3 is 15.7 Å². The molecule has 0 aliphatic heterocycles. The lowest BCUT2D eigenvalue weighted by atomic mass is 9.94. The van der Waals surface area contributed by atoms with E-state index in [2.05, 4.69) is 20.1 Å². The van der Waals surface area contributed by atoms with Crippen LogP contribution in [0.2, 0.25) is 0 Å². The number of rotatable bonds is 4. The molecule has 1 saturated carbocycles. The average Bonchev–Trinajstić information content (AvgIpc) is 2.74. The topological polar surface area (TPSA) is 91.1 Å². The first kappa shape index (κ1) is 11.2. The van der Waals surface area contributed by atoms with Crippen LogP contribution >= 0.6 is 0 Å². The molecule has 0 radical (unpaired) electrons. The third kappa shape index (κ3) is 2.44. The van der Waals surface area contributed by atoms with Gasteiger partial charge in [0.05, 0.1) is 6.61 Å². The molecule has 1 aliphatic carbocycles. The van der Waals surface area contributed by atoms with Gasteiger partial charge in [0, 0.05) is 12.6 Å². The van der Waals surface area contributed by atoms with Crippen LogP contribution in [-0.4, -0.2) is 39.5 Å². The Kier molecular flexibility index (Phi) is 3.61. The molecule has 1 fully saturated rings. The quantitative estimate of drug-likeness (QED) is 0.695. The molecule has 0 atom stereocenters. The Morgan fingerprint density at radius 2 is 2.12 bits per heavy atom. The molecule has 1 heterocycles. The smallest absolute Gasteiger partial charge is 0.246 e. The van der Waals surface area contributed by atoms with Gasteiger partial charge in [-0.05, 0) is 12.8 Å². The highest BCUT2D eigenvalue weighted by molar-refractivity contribution is 5.35. The van der Waals surface area contributed by atoms with Crippen LogP contribution in [0.4, 0.5) is 11.9 Å². The van der Waals surface area contributed by atoms with Crippen molar-refractivity contribution < 1.29 is 5.11 Å². The standard InChI is InChI=1S/C10H19N5O/c11-9-12-10(14-13-9)15(6-7-16)8-4-2-1-3-5-8/h8,16H,1-7H2,(H3,11,12,13,14). The van der Waals surface area contributed by atoms with E-state index in [0.717, 1.165) is 12.8 Å². The van der Waals surface area contributed by atoms with Crippen LogP contribution in [-0.2, 0) is 0 Å². The Morgan fingerprint density at radius 1 is 1.38 bits per heavy atom. The zero-order chi connectivity index (χ0) is 11.4. The van der Waals surface area contributed by atoms with E-state index in [1.54, 1.807) is 0 Å². The lowest BCUT2D eigenvalue weighted by molar-refractivity contribution is 0.289. The van der Waals surface area contributed by atoms with Gasteiger partial charge in [-0.2, -0.15) is 4.98 Å². The van der Waals surface area contributed by atoms with E-state index in [9.17, 15) is 0 Å². The van der Waals surface area contributed by atoms with Gasteiger partial charge >= 0.3 is 0 Å². The summed E-state index contributed by atoms with van der Waals surface area (Å²) < 4.78 is 0. The first-order chi connectivity index (χ1) is 7.81. The summed E-state index contributed by atoms with van der Waals surface area (Å²) in [6.45, 7) is 0.687. The number of nitrogens with one attached hydrogen (secondary N) is 1. The Hall–Kier alpha value is -1.30. The number of aliphatic hydroxyl groups is 1. The number of H-pyrrole nitrogens is 1. The van der Waals surface area contributed by atoms with Gasteiger partial charge in [-0.15, -0.1) is 5.10 Å². The van der Waals surface area contributed by atoms with Crippen molar-refractivity contribution >= 4 is 11.9 Å². The summed E-state index contributed by atoms with van der Waals surface area (Å²) in [7, 11) is 0. The largest absolute Gasteiger partial charge is 0.395 e. The monoisotopic (exact) mass is 225 g/mol. The predicted octanol–water partition coefficient (Wildman–Crippen LogP) is 0.518. The highest BCUT2D eigenvalue weighted by Gasteiger charge is 2.23. The molecule has 4 N–H and O–H groups in total. The van der Waals surface area contributed by atoms with Crippen LogP contribution in [0.1, 0.15) is 32.1 Å². The van der Waals surface area contributed by atoms with Crippen molar-refractivity contribution in [3.8, 4) is 0 Å². The number of nitrogens with zero attached hydrogens (tertiary/aromatic N) is 3. The predicted molar refractivity (Wildman–Crippen MR) is 62.1 cm³/mol. The van der Waals surface area contributed by atoms with E-state index in [0.29, 0.717) is 24.5 Å². The molecule has 90 valence electrons. The Morgan fingerprint density at radius 3 is 2.69 bits per heavy atom. The minimum absolute atomic E-state index is 0.116. The Bertz CT molecular complexity index is 321. The summed E-state index contributed by atoms with van der Waals surface area (Å²) in [6.07, 6.45) is 6.08. The first-order valence-electron chi connectivity index (χ1n) is 5.86. The van der Waals surface area contributed by atoms with Crippen LogP contribution in [0.15, 0.2) is 0 Å². The molecule has 2 rings (SSSR count). The number of aliphatic hydroxyl groups excluding tert-OH is 1. The zero-order valence-corrected chi connectivity index (χ0v) is 9.39. The molecular formula is C10H19N5O. The summed E-state index contributed by atoms with van der Waals surface area (Å²) in [5, 5.41) is 15.8. The van der Waals surface area contributed by atoms with Crippen molar-refractivity contribution in [2.24, 2.45) is 0 Å². The molecule has 1 aromatic rings. The van der Waals surface area contributed by atoms with Gasteiger partial charge in [-0.25, -0.2) is 5.10 Å². The van der Waals surface area contributed by atoms with Crippen molar-refractivity contribution in [2.45, 2.75) is 38.1 Å². The maximum Gasteiger partial charge on any atom is 0.246 e. The highest BCUT2D eigenvalue weighted by Crippen LogP contribution is 2.25. The van der Waals surface area contributed by atoms with Crippen molar-refractivity contribution in [3.05, 3.63) is 0 Å². The molecule has 16 heavy (non-hydrogen) atoms. The van der Waals surface area contributed by atoms with Crippen LogP contribution in [0, 0.1) is 0 Å². The van der Waals surface area contributed by atoms with Crippen molar-refractivity contribution in [1.82, 2.24) is 15.2 Å². The SMILES string of the molecule is Nc1nc(N(CCO)C2CCCCC2)n[nH]1. The number of nitrogen functional groups attached to an aromatic ring is 1. The van der Waals surface area contributed by atoms with Crippen LogP contribution in [0.5, 0.6) is 0 Å². The fourth-order valence-corrected chi connectivity index (χ4v) is 2.34. The lowest BCUT2D eigenvalue weighted by Crippen LogP contribution is -2.39. The Balaban J connectivity index is 2.09. The number of aromatic nitrogens is 3. The van der Waals surface area contributed by atoms with E-state index in [4.69, 9.17) is 10.8 Å². The molecule has 0 spiro atoms. The minimum atomic E-state index is 0.116. The van der Waals surface area contributed by atoms with Crippen molar-refractivity contribution in [3.63, 3.8) is 0 Å². The van der Waals surface area contributed by atoms with Gasteiger partial charge in [0.1, 0.15) is 0 Å². The first-order valence-corrected chi connectivity index (χ1v) is 5.86. The fourth-order valence-electron chi connectivity index (χ4n) is 2.34. The second kappa shape index (κ2) is 5.16. The molecule has 0 bridgehead atoms. The molecule has 1 aliphatic rings. The van der Waals surface area contributed by atoms with Gasteiger partial charge in [-0.1, -0.05) is 19.3 Å². The molecule has 0 aromatic carbocycles. The van der Waals surface area contributed by atoms with Crippen LogP contribution < -0.4 is 10.6 Å². The van der Waals surface area contributed by atoms with Crippen LogP contribution in [0.3, 0.4) is 0 Å². The highest BCUT2D eigenvalue weighted by atomic mass is 16.3. The molecule has 0 saturated heterocycles. The van der Waals surface area contributed by atoms with E-state index < -0.39 is 0 Å². The number of anilines is 2. The molecule has 6 heteroatoms. The van der Waals surface area contributed by atoms with Gasteiger partial charge in [0.2, 0.25) is 11.9 Å². The van der Waals surface area contributed by atoms with E-state index in [1.165, 1.54) is 19.3 Å². The fraction of sp³-hybridized carbons (Fsp3) is 0.800. The van der Waals surface area contributed by atoms with Crippen molar-refractivity contribution in [1.29, 1.82) is 0 Å². The average molecular weight is 225 g/mol. The number of hydrogen-bond acceptors (Lipinski definition) is 5. The summed E-state index contributed by atoms with van der Waals surface area (Å²) in [5.74, 6) is 0.937. The van der Waals surface area contributed by atoms with E-state index >= 15 is 0 Å². The zero-order valence-electron chi connectivity index (χ0n) is 9.39. The maximum atomic E-state index is 9.10. The van der Waals surface area contributed by atoms with E-state index in [1.807, 2.05) is 0 Å².